The van der Waals surface area contributed by atoms with Gasteiger partial charge in [-0.2, -0.15) is 5.26 Å². The van der Waals surface area contributed by atoms with E-state index in [-0.39, 0.29) is 17.5 Å². The molecule has 2 unspecified atom stereocenters. The van der Waals surface area contributed by atoms with Gasteiger partial charge in [-0.3, -0.25) is 20.6 Å². The van der Waals surface area contributed by atoms with Crippen LogP contribution in [0.15, 0.2) is 36.4 Å². The van der Waals surface area contributed by atoms with Crippen molar-refractivity contribution in [3.63, 3.8) is 0 Å². The van der Waals surface area contributed by atoms with Gasteiger partial charge in [0.25, 0.3) is 5.69 Å². The zero-order chi connectivity index (χ0) is 23.7. The summed E-state index contributed by atoms with van der Waals surface area (Å²) in [4.78, 5) is 10.8. The molecule has 2 heterocycles. The highest BCUT2D eigenvalue weighted by Crippen LogP contribution is 2.51. The van der Waals surface area contributed by atoms with E-state index < -0.39 is 16.8 Å². The minimum absolute atomic E-state index is 0.0953. The lowest BCUT2D eigenvalue weighted by Crippen LogP contribution is -2.31. The predicted octanol–water partition coefficient (Wildman–Crippen LogP) is 3.65. The van der Waals surface area contributed by atoms with Crippen molar-refractivity contribution in [2.45, 2.75) is 5.92 Å². The lowest BCUT2D eigenvalue weighted by atomic mass is 9.78. The number of nitriles is 1. The van der Waals surface area contributed by atoms with Gasteiger partial charge in [-0.15, -0.1) is 5.10 Å². The number of ether oxygens (including phenoxy) is 4. The quantitative estimate of drug-likeness (QED) is 0.426. The van der Waals surface area contributed by atoms with E-state index in [4.69, 9.17) is 24.4 Å². The normalized spacial score (nSPS) is 16.8. The first-order valence-electron chi connectivity index (χ1n) is 9.72. The standard InChI is InChI=1S/C22H19N5O6/c1-30-13-8-15(31-2)18(16(9-13)32-3)17-14(10-23)21(24)33-22-19(17)20(25-26-22)11-5-4-6-12(7-11)27(28)29/h4-9,14,17,24H,1-3H3,(H,25,26). The van der Waals surface area contributed by atoms with Crippen molar-refractivity contribution < 1.29 is 23.9 Å². The second-order valence-corrected chi connectivity index (χ2v) is 7.12. The summed E-state index contributed by atoms with van der Waals surface area (Å²) in [6, 6.07) is 11.4. The summed E-state index contributed by atoms with van der Waals surface area (Å²) in [5.74, 6) is -0.773. The smallest absolute Gasteiger partial charge is 0.270 e. The molecule has 0 fully saturated rings. The number of non-ortho nitro benzene ring substituents is 1. The van der Waals surface area contributed by atoms with Gasteiger partial charge in [0.1, 0.15) is 23.2 Å². The zero-order valence-electron chi connectivity index (χ0n) is 17.9. The van der Waals surface area contributed by atoms with E-state index in [1.165, 1.54) is 33.5 Å². The second-order valence-electron chi connectivity index (χ2n) is 7.12. The number of methoxy groups -OCH3 is 3. The number of nitro benzene ring substituents is 1. The molecule has 1 aromatic heterocycles. The highest BCUT2D eigenvalue weighted by molar-refractivity contribution is 5.87. The lowest BCUT2D eigenvalue weighted by Gasteiger charge is -2.30. The van der Waals surface area contributed by atoms with Crippen LogP contribution in [0.5, 0.6) is 23.1 Å². The number of hydrogen-bond acceptors (Lipinski definition) is 9. The van der Waals surface area contributed by atoms with Crippen LogP contribution >= 0.6 is 0 Å². The molecule has 0 aliphatic carbocycles. The van der Waals surface area contributed by atoms with Gasteiger partial charge < -0.3 is 18.9 Å². The molecule has 0 saturated carbocycles. The molecule has 0 radical (unpaired) electrons. The molecular formula is C22H19N5O6. The molecule has 0 saturated heterocycles. The lowest BCUT2D eigenvalue weighted by molar-refractivity contribution is -0.384. The van der Waals surface area contributed by atoms with E-state index in [0.29, 0.717) is 39.6 Å². The Kier molecular flexibility index (Phi) is 5.58. The first kappa shape index (κ1) is 21.6. The molecule has 1 aliphatic heterocycles. The van der Waals surface area contributed by atoms with Crippen LogP contribution in [0.3, 0.4) is 0 Å². The minimum atomic E-state index is -1.04. The number of benzene rings is 2. The summed E-state index contributed by atoms with van der Waals surface area (Å²) in [7, 11) is 4.45. The van der Waals surface area contributed by atoms with Crippen LogP contribution in [0.4, 0.5) is 5.69 Å². The third-order valence-electron chi connectivity index (χ3n) is 5.45. The van der Waals surface area contributed by atoms with E-state index in [2.05, 4.69) is 16.3 Å². The fourth-order valence-electron chi connectivity index (χ4n) is 3.96. The van der Waals surface area contributed by atoms with E-state index in [1.54, 1.807) is 24.3 Å². The predicted molar refractivity (Wildman–Crippen MR) is 116 cm³/mol. The van der Waals surface area contributed by atoms with Crippen molar-refractivity contribution >= 4 is 11.6 Å². The molecule has 0 amide bonds. The fourth-order valence-corrected chi connectivity index (χ4v) is 3.96. The molecule has 3 aromatic rings. The second kappa shape index (κ2) is 8.51. The van der Waals surface area contributed by atoms with Crippen LogP contribution in [-0.2, 0) is 0 Å². The summed E-state index contributed by atoms with van der Waals surface area (Å²) in [6.45, 7) is 0. The molecular weight excluding hydrogens is 430 g/mol. The number of aromatic nitrogens is 2. The van der Waals surface area contributed by atoms with Crippen LogP contribution in [0.25, 0.3) is 11.3 Å². The van der Waals surface area contributed by atoms with Crippen molar-refractivity contribution in [2.24, 2.45) is 5.92 Å². The SMILES string of the molecule is COc1cc(OC)c(C2c3c(n[nH]c3-c3cccc([N+](=O)[O-])c3)OC(=N)C2C#N)c(OC)c1. The van der Waals surface area contributed by atoms with Gasteiger partial charge in [0.2, 0.25) is 11.8 Å². The fraction of sp³-hybridized carbons (Fsp3) is 0.227. The Morgan fingerprint density at radius 3 is 2.42 bits per heavy atom. The molecule has 11 nitrogen and oxygen atoms in total. The number of nitro groups is 1. The molecule has 11 heteroatoms. The average Bonchev–Trinajstić information content (AvgIpc) is 3.25. The first-order chi connectivity index (χ1) is 15.9. The van der Waals surface area contributed by atoms with Crippen molar-refractivity contribution in [1.82, 2.24) is 10.2 Å². The monoisotopic (exact) mass is 449 g/mol. The number of hydrogen-bond donors (Lipinski definition) is 2. The van der Waals surface area contributed by atoms with Gasteiger partial charge in [-0.1, -0.05) is 12.1 Å². The van der Waals surface area contributed by atoms with Crippen molar-refractivity contribution in [2.75, 3.05) is 21.3 Å². The van der Waals surface area contributed by atoms with E-state index in [0.717, 1.165) is 0 Å². The summed E-state index contributed by atoms with van der Waals surface area (Å²) in [6.07, 6.45) is 0. The Bertz CT molecular complexity index is 1270. The van der Waals surface area contributed by atoms with Crippen LogP contribution in [0.2, 0.25) is 0 Å². The summed E-state index contributed by atoms with van der Waals surface area (Å²) in [5.41, 5.74) is 1.75. The third kappa shape index (κ3) is 3.57. The molecule has 4 rings (SSSR count). The summed E-state index contributed by atoms with van der Waals surface area (Å²) < 4.78 is 22.1. The molecule has 2 N–H and O–H groups in total. The van der Waals surface area contributed by atoms with Gasteiger partial charge in [0.05, 0.1) is 43.6 Å². The zero-order valence-corrected chi connectivity index (χ0v) is 17.9. The molecule has 0 bridgehead atoms. The van der Waals surface area contributed by atoms with Crippen molar-refractivity contribution in [3.05, 3.63) is 57.6 Å². The number of aromatic amines is 1. The molecule has 0 spiro atoms. The van der Waals surface area contributed by atoms with Gasteiger partial charge >= 0.3 is 0 Å². The maximum atomic E-state index is 11.3. The minimum Gasteiger partial charge on any atom is -0.496 e. The topological polar surface area (TPSA) is 156 Å². The van der Waals surface area contributed by atoms with E-state index in [9.17, 15) is 15.4 Å². The summed E-state index contributed by atoms with van der Waals surface area (Å²) >= 11 is 0. The Morgan fingerprint density at radius 2 is 1.85 bits per heavy atom. The molecule has 168 valence electrons. The molecule has 2 atom stereocenters. The third-order valence-corrected chi connectivity index (χ3v) is 5.45. The summed E-state index contributed by atoms with van der Waals surface area (Å²) in [5, 5.41) is 36.6. The van der Waals surface area contributed by atoms with E-state index in [1.807, 2.05) is 0 Å². The van der Waals surface area contributed by atoms with Crippen LogP contribution in [0, 0.1) is 32.8 Å². The van der Waals surface area contributed by atoms with Gasteiger partial charge in [-0.25, -0.2) is 0 Å². The van der Waals surface area contributed by atoms with Crippen molar-refractivity contribution in [3.8, 4) is 40.5 Å². The highest BCUT2D eigenvalue weighted by atomic mass is 16.6. The largest absolute Gasteiger partial charge is 0.496 e. The molecule has 1 aliphatic rings. The Morgan fingerprint density at radius 1 is 1.15 bits per heavy atom. The van der Waals surface area contributed by atoms with Gasteiger partial charge in [0, 0.05) is 41.3 Å². The Labute approximate surface area is 188 Å². The average molecular weight is 449 g/mol. The molecule has 2 aromatic carbocycles. The number of rotatable bonds is 6. The number of H-pyrrole nitrogens is 1. The van der Waals surface area contributed by atoms with Crippen LogP contribution in [-0.4, -0.2) is 42.3 Å². The van der Waals surface area contributed by atoms with Crippen molar-refractivity contribution in [1.29, 1.82) is 10.7 Å². The number of nitrogens with one attached hydrogen (secondary N) is 2. The van der Waals surface area contributed by atoms with Crippen LogP contribution in [0.1, 0.15) is 17.0 Å². The number of fused-ring (bicyclic) bond motifs is 1. The maximum Gasteiger partial charge on any atom is 0.270 e. The Hall–Kier alpha value is -4.59. The molecule has 33 heavy (non-hydrogen) atoms. The van der Waals surface area contributed by atoms with E-state index >= 15 is 0 Å². The highest BCUT2D eigenvalue weighted by Gasteiger charge is 2.43. The van der Waals surface area contributed by atoms with Gasteiger partial charge in [0.15, 0.2) is 0 Å². The first-order valence-corrected chi connectivity index (χ1v) is 9.72. The van der Waals surface area contributed by atoms with Gasteiger partial charge in [-0.05, 0) is 0 Å². The maximum absolute atomic E-state index is 11.3. The Balaban J connectivity index is 2.01. The number of nitrogens with zero attached hydrogens (tertiary/aromatic N) is 3. The van der Waals surface area contributed by atoms with Crippen LogP contribution < -0.4 is 18.9 Å².